The summed E-state index contributed by atoms with van der Waals surface area (Å²) in [4.78, 5) is 12.8. The van der Waals surface area contributed by atoms with Crippen molar-refractivity contribution >= 4 is 50.9 Å². The maximum Gasteiger partial charge on any atom is 0.256 e. The normalized spacial score (nSPS) is 10.8. The molecule has 33 heavy (non-hydrogen) atoms. The highest BCUT2D eigenvalue weighted by atomic mass is 79.9. The van der Waals surface area contributed by atoms with Gasteiger partial charge in [-0.15, -0.1) is 0 Å². The van der Waals surface area contributed by atoms with E-state index < -0.39 is 5.82 Å². The topological polar surface area (TPSA) is 56.2 Å². The molecule has 168 valence electrons. The lowest BCUT2D eigenvalue weighted by Crippen LogP contribution is -2.14. The summed E-state index contributed by atoms with van der Waals surface area (Å²) in [6, 6.07) is 18.7. The molecule has 9 heteroatoms. The highest BCUT2D eigenvalue weighted by Gasteiger charge is 2.15. The van der Waals surface area contributed by atoms with E-state index in [2.05, 4.69) is 26.3 Å². The van der Waals surface area contributed by atoms with Gasteiger partial charge in [-0.05, 0) is 57.9 Å². The van der Waals surface area contributed by atoms with E-state index in [-0.39, 0.29) is 19.1 Å². The molecule has 1 amide bonds. The molecule has 4 aromatic rings. The SMILES string of the molecule is O=C(Nc1nn(Cc2c(F)cccc2Cl)cc1Br)c1cccc(COc2ccccc2Cl)c1. The number of nitrogens with zero attached hydrogens (tertiary/aromatic N) is 2. The summed E-state index contributed by atoms with van der Waals surface area (Å²) in [5, 5.41) is 7.93. The zero-order valence-corrected chi connectivity index (χ0v) is 20.2. The number of anilines is 1. The number of halogens is 4. The number of para-hydroxylation sites is 1. The summed E-state index contributed by atoms with van der Waals surface area (Å²) in [5.74, 6) is 0.114. The number of ether oxygens (including phenoxy) is 1. The maximum atomic E-state index is 14.1. The predicted molar refractivity (Wildman–Crippen MR) is 131 cm³/mol. The van der Waals surface area contributed by atoms with Crippen molar-refractivity contribution in [3.05, 3.63) is 110 Å². The zero-order chi connectivity index (χ0) is 23.4. The second-order valence-corrected chi connectivity index (χ2v) is 8.77. The second-order valence-electron chi connectivity index (χ2n) is 7.10. The van der Waals surface area contributed by atoms with Crippen LogP contribution >= 0.6 is 39.1 Å². The van der Waals surface area contributed by atoms with Gasteiger partial charge in [0.2, 0.25) is 0 Å². The standard InChI is InChI=1S/C24H17BrCl2FN3O2/c25-18-13-31(12-17-19(26)8-4-9-21(17)28)30-23(18)29-24(32)16-6-3-5-15(11-16)14-33-22-10-2-1-7-20(22)27/h1-11,13H,12,14H2,(H,29,30,32). The van der Waals surface area contributed by atoms with E-state index in [1.54, 1.807) is 48.7 Å². The highest BCUT2D eigenvalue weighted by molar-refractivity contribution is 9.10. The van der Waals surface area contributed by atoms with Crippen molar-refractivity contribution in [3.63, 3.8) is 0 Å². The molecule has 0 aliphatic heterocycles. The van der Waals surface area contributed by atoms with Crippen molar-refractivity contribution in [1.82, 2.24) is 9.78 Å². The number of hydrogen-bond donors (Lipinski definition) is 1. The van der Waals surface area contributed by atoms with Crippen LogP contribution in [0.4, 0.5) is 10.2 Å². The first-order valence-electron chi connectivity index (χ1n) is 9.84. The van der Waals surface area contributed by atoms with Gasteiger partial charge in [0, 0.05) is 22.3 Å². The molecule has 0 aliphatic carbocycles. The number of hydrogen-bond acceptors (Lipinski definition) is 3. The predicted octanol–water partition coefficient (Wildman–Crippen LogP) is 6.97. The van der Waals surface area contributed by atoms with Crippen LogP contribution in [-0.2, 0) is 13.2 Å². The van der Waals surface area contributed by atoms with Crippen LogP contribution in [0.2, 0.25) is 10.0 Å². The third-order valence-electron chi connectivity index (χ3n) is 4.75. The Morgan fingerprint density at radius 1 is 1.06 bits per heavy atom. The minimum Gasteiger partial charge on any atom is -0.487 e. The van der Waals surface area contributed by atoms with Gasteiger partial charge in [0.05, 0.1) is 16.0 Å². The largest absolute Gasteiger partial charge is 0.487 e. The Morgan fingerprint density at radius 3 is 2.61 bits per heavy atom. The van der Waals surface area contributed by atoms with Gasteiger partial charge in [0.1, 0.15) is 18.2 Å². The summed E-state index contributed by atoms with van der Waals surface area (Å²) >= 11 is 15.6. The molecule has 0 aliphatic rings. The molecule has 1 heterocycles. The monoisotopic (exact) mass is 547 g/mol. The van der Waals surface area contributed by atoms with Gasteiger partial charge in [-0.2, -0.15) is 5.10 Å². The Hall–Kier alpha value is -2.87. The minimum absolute atomic E-state index is 0.120. The van der Waals surface area contributed by atoms with E-state index in [1.165, 1.54) is 10.7 Å². The molecule has 1 aromatic heterocycles. The molecule has 5 nitrogen and oxygen atoms in total. The fourth-order valence-corrected chi connectivity index (χ4v) is 3.94. The Kier molecular flexibility index (Phi) is 7.33. The van der Waals surface area contributed by atoms with Crippen LogP contribution in [-0.4, -0.2) is 15.7 Å². The number of aromatic nitrogens is 2. The van der Waals surface area contributed by atoms with Crippen molar-refractivity contribution in [2.45, 2.75) is 13.2 Å². The van der Waals surface area contributed by atoms with E-state index in [0.717, 1.165) is 5.56 Å². The van der Waals surface area contributed by atoms with Gasteiger partial charge in [0.25, 0.3) is 5.91 Å². The number of rotatable bonds is 7. The molecule has 0 spiro atoms. The zero-order valence-electron chi connectivity index (χ0n) is 17.1. The van der Waals surface area contributed by atoms with E-state index in [4.69, 9.17) is 27.9 Å². The molecule has 0 saturated heterocycles. The van der Waals surface area contributed by atoms with Crippen LogP contribution < -0.4 is 10.1 Å². The van der Waals surface area contributed by atoms with Gasteiger partial charge >= 0.3 is 0 Å². The molecule has 0 fully saturated rings. The van der Waals surface area contributed by atoms with Crippen molar-refractivity contribution in [2.24, 2.45) is 0 Å². The quantitative estimate of drug-likeness (QED) is 0.271. The average Bonchev–Trinajstić information content (AvgIpc) is 3.14. The van der Waals surface area contributed by atoms with Crippen molar-refractivity contribution in [1.29, 1.82) is 0 Å². The number of amides is 1. The van der Waals surface area contributed by atoms with Crippen molar-refractivity contribution < 1.29 is 13.9 Å². The Morgan fingerprint density at radius 2 is 1.82 bits per heavy atom. The molecule has 0 saturated carbocycles. The lowest BCUT2D eigenvalue weighted by Gasteiger charge is -2.09. The second kappa shape index (κ2) is 10.4. The lowest BCUT2D eigenvalue weighted by molar-refractivity contribution is 0.102. The van der Waals surface area contributed by atoms with Gasteiger partial charge in [-0.25, -0.2) is 4.39 Å². The van der Waals surface area contributed by atoms with Crippen LogP contribution in [0.25, 0.3) is 0 Å². The first-order valence-corrected chi connectivity index (χ1v) is 11.4. The van der Waals surface area contributed by atoms with Gasteiger partial charge < -0.3 is 10.1 Å². The van der Waals surface area contributed by atoms with E-state index >= 15 is 0 Å². The summed E-state index contributed by atoms with van der Waals surface area (Å²) in [6.07, 6.45) is 1.65. The summed E-state index contributed by atoms with van der Waals surface area (Å²) in [6.45, 7) is 0.376. The Balaban J connectivity index is 1.44. The van der Waals surface area contributed by atoms with Gasteiger partial charge in [-0.1, -0.05) is 53.5 Å². The molecular weight excluding hydrogens is 532 g/mol. The van der Waals surface area contributed by atoms with E-state index in [1.807, 2.05) is 18.2 Å². The molecule has 0 radical (unpaired) electrons. The average molecular weight is 549 g/mol. The van der Waals surface area contributed by atoms with Crippen LogP contribution in [0.15, 0.2) is 77.4 Å². The molecular formula is C24H17BrCl2FN3O2. The fourth-order valence-electron chi connectivity index (χ4n) is 3.11. The van der Waals surface area contributed by atoms with Crippen molar-refractivity contribution in [2.75, 3.05) is 5.32 Å². The molecule has 1 N–H and O–H groups in total. The summed E-state index contributed by atoms with van der Waals surface area (Å²) < 4.78 is 21.9. The van der Waals surface area contributed by atoms with Crippen LogP contribution in [0.3, 0.4) is 0 Å². The maximum absolute atomic E-state index is 14.1. The van der Waals surface area contributed by atoms with Gasteiger partial charge in [-0.3, -0.25) is 9.48 Å². The molecule has 3 aromatic carbocycles. The smallest absolute Gasteiger partial charge is 0.256 e. The first-order chi connectivity index (χ1) is 15.9. The minimum atomic E-state index is -0.421. The summed E-state index contributed by atoms with van der Waals surface area (Å²) in [7, 11) is 0. The van der Waals surface area contributed by atoms with E-state index in [0.29, 0.717) is 37.2 Å². The molecule has 0 atom stereocenters. The van der Waals surface area contributed by atoms with E-state index in [9.17, 15) is 9.18 Å². The summed E-state index contributed by atoms with van der Waals surface area (Å²) in [5.41, 5.74) is 1.56. The first kappa shape index (κ1) is 23.3. The Bertz CT molecular complexity index is 1290. The van der Waals surface area contributed by atoms with Crippen molar-refractivity contribution in [3.8, 4) is 5.75 Å². The van der Waals surface area contributed by atoms with Crippen LogP contribution in [0.1, 0.15) is 21.5 Å². The third kappa shape index (κ3) is 5.74. The number of nitrogens with one attached hydrogen (secondary N) is 1. The number of benzene rings is 3. The van der Waals surface area contributed by atoms with Gasteiger partial charge in [0.15, 0.2) is 5.82 Å². The third-order valence-corrected chi connectivity index (χ3v) is 6.00. The Labute approximate surface area is 208 Å². The van der Waals surface area contributed by atoms with Crippen LogP contribution in [0.5, 0.6) is 5.75 Å². The molecule has 0 bridgehead atoms. The fraction of sp³-hybridized carbons (Fsp3) is 0.0833. The molecule has 0 unspecified atom stereocenters. The highest BCUT2D eigenvalue weighted by Crippen LogP contribution is 2.26. The molecule has 4 rings (SSSR count). The lowest BCUT2D eigenvalue weighted by atomic mass is 10.1. The number of carbonyl (C=O) groups is 1. The van der Waals surface area contributed by atoms with Crippen LogP contribution in [0, 0.1) is 5.82 Å². The number of carbonyl (C=O) groups excluding carboxylic acids is 1.